The Labute approximate surface area is 116 Å². The average molecular weight is 282 g/mol. The molecule has 0 aromatic heterocycles. The average Bonchev–Trinajstić information content (AvgIpc) is 2.74. The summed E-state index contributed by atoms with van der Waals surface area (Å²) in [5.74, 6) is -0.277. The van der Waals surface area contributed by atoms with Gasteiger partial charge >= 0.3 is 12.1 Å². The van der Waals surface area contributed by atoms with Crippen molar-refractivity contribution in [1.29, 1.82) is 0 Å². The first kappa shape index (κ1) is 13.2. The zero-order valence-electron chi connectivity index (χ0n) is 11.2. The Hall–Kier alpha value is -1.83. The minimum absolute atomic E-state index is 0.00659. The number of carbonyl (C=O) groups excluding carboxylic acids is 3. The first-order chi connectivity index (χ1) is 9.61. The Morgan fingerprint density at radius 2 is 1.65 bits per heavy atom. The van der Waals surface area contributed by atoms with Crippen molar-refractivity contribution in [1.82, 2.24) is 20.4 Å². The van der Waals surface area contributed by atoms with Gasteiger partial charge in [0.25, 0.3) is 5.91 Å². The maximum Gasteiger partial charge on any atom is 0.322 e. The number of nitrogens with zero attached hydrogens (tertiary/aromatic N) is 2. The van der Waals surface area contributed by atoms with Crippen LogP contribution in [0, 0.1) is 0 Å². The highest BCUT2D eigenvalue weighted by atomic mass is 16.5. The third-order valence-electron chi connectivity index (χ3n) is 4.18. The number of piperidine rings is 1. The summed E-state index contributed by atoms with van der Waals surface area (Å²) in [5.41, 5.74) is -0.821. The van der Waals surface area contributed by atoms with E-state index < -0.39 is 11.6 Å². The first-order valence-electron chi connectivity index (χ1n) is 6.86. The number of rotatable bonds is 0. The highest BCUT2D eigenvalue weighted by Gasteiger charge is 2.48. The molecule has 0 unspecified atom stereocenters. The van der Waals surface area contributed by atoms with Crippen LogP contribution in [-0.4, -0.2) is 72.7 Å². The molecule has 0 radical (unpaired) electrons. The second-order valence-corrected chi connectivity index (χ2v) is 5.36. The van der Waals surface area contributed by atoms with Crippen LogP contribution in [0.15, 0.2) is 0 Å². The van der Waals surface area contributed by atoms with Gasteiger partial charge in [-0.3, -0.25) is 10.1 Å². The zero-order valence-corrected chi connectivity index (χ0v) is 11.2. The second kappa shape index (κ2) is 4.93. The number of amides is 5. The van der Waals surface area contributed by atoms with Gasteiger partial charge in [-0.05, 0) is 12.8 Å². The minimum Gasteiger partial charge on any atom is -0.378 e. The Morgan fingerprint density at radius 3 is 2.20 bits per heavy atom. The van der Waals surface area contributed by atoms with E-state index in [0.717, 1.165) is 0 Å². The van der Waals surface area contributed by atoms with Crippen molar-refractivity contribution in [3.63, 3.8) is 0 Å². The molecular formula is C12H18N4O4. The van der Waals surface area contributed by atoms with E-state index in [4.69, 9.17) is 4.74 Å². The molecule has 3 saturated heterocycles. The number of morpholine rings is 1. The van der Waals surface area contributed by atoms with Crippen molar-refractivity contribution < 1.29 is 19.1 Å². The van der Waals surface area contributed by atoms with Crippen LogP contribution in [-0.2, 0) is 9.53 Å². The number of carbonyl (C=O) groups is 3. The van der Waals surface area contributed by atoms with Crippen LogP contribution in [0.25, 0.3) is 0 Å². The number of likely N-dealkylation sites (tertiary alicyclic amines) is 1. The van der Waals surface area contributed by atoms with E-state index in [9.17, 15) is 14.4 Å². The summed E-state index contributed by atoms with van der Waals surface area (Å²) in [7, 11) is 0. The topological polar surface area (TPSA) is 91.0 Å². The van der Waals surface area contributed by atoms with Crippen LogP contribution < -0.4 is 10.6 Å². The first-order valence-corrected chi connectivity index (χ1v) is 6.86. The van der Waals surface area contributed by atoms with E-state index in [2.05, 4.69) is 10.6 Å². The quantitative estimate of drug-likeness (QED) is 0.564. The number of ether oxygens (including phenoxy) is 1. The lowest BCUT2D eigenvalue weighted by molar-refractivity contribution is -0.125. The van der Waals surface area contributed by atoms with Crippen LogP contribution in [0.1, 0.15) is 12.8 Å². The normalized spacial score (nSPS) is 25.6. The lowest BCUT2D eigenvalue weighted by atomic mass is 9.88. The Bertz CT molecular complexity index is 439. The SMILES string of the molecule is O=C1NC(=O)C2(CCN(C(=O)N3CCOCC3)CC2)N1. The molecule has 0 bridgehead atoms. The van der Waals surface area contributed by atoms with Crippen molar-refractivity contribution in [2.45, 2.75) is 18.4 Å². The Kier molecular flexibility index (Phi) is 3.25. The summed E-state index contributed by atoms with van der Waals surface area (Å²) in [5, 5.41) is 4.95. The van der Waals surface area contributed by atoms with Crippen molar-refractivity contribution in [2.75, 3.05) is 39.4 Å². The number of urea groups is 2. The molecule has 8 nitrogen and oxygen atoms in total. The smallest absolute Gasteiger partial charge is 0.322 e. The molecule has 3 fully saturated rings. The summed E-state index contributed by atoms with van der Waals surface area (Å²) < 4.78 is 5.23. The van der Waals surface area contributed by atoms with Gasteiger partial charge in [0.15, 0.2) is 0 Å². The molecule has 3 aliphatic heterocycles. The predicted molar refractivity (Wildman–Crippen MR) is 68.0 cm³/mol. The van der Waals surface area contributed by atoms with Crippen molar-refractivity contribution >= 4 is 18.0 Å². The number of hydrogen-bond donors (Lipinski definition) is 2. The van der Waals surface area contributed by atoms with E-state index in [1.165, 1.54) is 0 Å². The van der Waals surface area contributed by atoms with E-state index in [1.54, 1.807) is 9.80 Å². The van der Waals surface area contributed by atoms with Crippen LogP contribution in [0.3, 0.4) is 0 Å². The summed E-state index contributed by atoms with van der Waals surface area (Å²) in [6, 6.07) is -0.448. The lowest BCUT2D eigenvalue weighted by Crippen LogP contribution is -2.58. The van der Waals surface area contributed by atoms with Crippen molar-refractivity contribution in [2.24, 2.45) is 0 Å². The van der Waals surface area contributed by atoms with E-state index >= 15 is 0 Å². The van der Waals surface area contributed by atoms with Gasteiger partial charge in [-0.2, -0.15) is 0 Å². The third-order valence-corrected chi connectivity index (χ3v) is 4.18. The van der Waals surface area contributed by atoms with Crippen molar-refractivity contribution in [3.05, 3.63) is 0 Å². The molecule has 1 spiro atoms. The van der Waals surface area contributed by atoms with Gasteiger partial charge in [0.2, 0.25) is 0 Å². The molecule has 3 aliphatic rings. The number of imide groups is 1. The maximum atomic E-state index is 12.3. The molecule has 0 aromatic carbocycles. The fourth-order valence-corrected chi connectivity index (χ4v) is 2.91. The van der Waals surface area contributed by atoms with E-state index in [0.29, 0.717) is 52.2 Å². The molecule has 0 atom stereocenters. The molecule has 20 heavy (non-hydrogen) atoms. The Morgan fingerprint density at radius 1 is 1.05 bits per heavy atom. The Balaban J connectivity index is 1.59. The summed E-state index contributed by atoms with van der Waals surface area (Å²) >= 11 is 0. The van der Waals surface area contributed by atoms with Gasteiger partial charge in [0.05, 0.1) is 13.2 Å². The number of nitrogens with one attached hydrogen (secondary N) is 2. The van der Waals surface area contributed by atoms with Crippen molar-refractivity contribution in [3.8, 4) is 0 Å². The van der Waals surface area contributed by atoms with Crippen LogP contribution in [0.5, 0.6) is 0 Å². The standard InChI is InChI=1S/C12H18N4O4/c17-9-12(14-10(18)13-9)1-3-15(4-2-12)11(19)16-5-7-20-8-6-16/h1-8H2,(H2,13,14,17,18). The van der Waals surface area contributed by atoms with Crippen LogP contribution >= 0.6 is 0 Å². The fourth-order valence-electron chi connectivity index (χ4n) is 2.91. The molecule has 3 heterocycles. The maximum absolute atomic E-state index is 12.3. The molecule has 8 heteroatoms. The minimum atomic E-state index is -0.821. The van der Waals surface area contributed by atoms with Gasteiger partial charge in [-0.15, -0.1) is 0 Å². The van der Waals surface area contributed by atoms with Gasteiger partial charge in [0.1, 0.15) is 5.54 Å². The molecule has 0 aromatic rings. The van der Waals surface area contributed by atoms with Crippen LogP contribution in [0.2, 0.25) is 0 Å². The second-order valence-electron chi connectivity index (χ2n) is 5.36. The molecule has 5 amide bonds. The van der Waals surface area contributed by atoms with Gasteiger partial charge in [-0.1, -0.05) is 0 Å². The molecule has 0 aliphatic carbocycles. The van der Waals surface area contributed by atoms with Crippen LogP contribution in [0.4, 0.5) is 9.59 Å². The molecular weight excluding hydrogens is 264 g/mol. The highest BCUT2D eigenvalue weighted by molar-refractivity contribution is 6.07. The third kappa shape index (κ3) is 2.20. The molecule has 2 N–H and O–H groups in total. The van der Waals surface area contributed by atoms with Gasteiger partial charge < -0.3 is 19.9 Å². The van der Waals surface area contributed by atoms with Gasteiger partial charge in [-0.25, -0.2) is 9.59 Å². The summed E-state index contributed by atoms with van der Waals surface area (Å²) in [4.78, 5) is 38.9. The predicted octanol–water partition coefficient (Wildman–Crippen LogP) is -0.887. The number of hydrogen-bond acceptors (Lipinski definition) is 4. The van der Waals surface area contributed by atoms with E-state index in [1.807, 2.05) is 0 Å². The fraction of sp³-hybridized carbons (Fsp3) is 0.750. The molecule has 0 saturated carbocycles. The monoisotopic (exact) mass is 282 g/mol. The molecule has 110 valence electrons. The summed E-state index contributed by atoms with van der Waals surface area (Å²) in [6.45, 7) is 3.31. The lowest BCUT2D eigenvalue weighted by Gasteiger charge is -2.39. The largest absolute Gasteiger partial charge is 0.378 e. The highest BCUT2D eigenvalue weighted by Crippen LogP contribution is 2.26. The van der Waals surface area contributed by atoms with E-state index in [-0.39, 0.29) is 11.9 Å². The summed E-state index contributed by atoms with van der Waals surface area (Å²) in [6.07, 6.45) is 0.918. The zero-order chi connectivity index (χ0) is 14.2. The molecule has 3 rings (SSSR count). The van der Waals surface area contributed by atoms with Gasteiger partial charge in [0, 0.05) is 26.2 Å².